The summed E-state index contributed by atoms with van der Waals surface area (Å²) in [7, 11) is 1.66. The van der Waals surface area contributed by atoms with Gasteiger partial charge in [-0.3, -0.25) is 4.79 Å². The fourth-order valence-corrected chi connectivity index (χ4v) is 2.30. The van der Waals surface area contributed by atoms with E-state index < -0.39 is 12.7 Å². The number of likely N-dealkylation sites (N-methyl/N-ethyl adjacent to an activating group) is 1. The van der Waals surface area contributed by atoms with Gasteiger partial charge in [0.2, 0.25) is 5.91 Å². The van der Waals surface area contributed by atoms with Crippen LogP contribution in [0, 0.1) is 0 Å². The summed E-state index contributed by atoms with van der Waals surface area (Å²) < 4.78 is 28.3. The van der Waals surface area contributed by atoms with Crippen molar-refractivity contribution in [3.05, 3.63) is 29.8 Å². The van der Waals surface area contributed by atoms with Crippen LogP contribution in [0.1, 0.15) is 12.0 Å². The van der Waals surface area contributed by atoms with Crippen molar-refractivity contribution in [3.8, 4) is 5.75 Å². The predicted octanol–water partition coefficient (Wildman–Crippen LogP) is 0.969. The van der Waals surface area contributed by atoms with Crippen molar-refractivity contribution in [1.29, 1.82) is 0 Å². The number of ether oxygens (including phenoxy) is 1. The van der Waals surface area contributed by atoms with E-state index in [1.807, 2.05) is 0 Å². The molecule has 21 heavy (non-hydrogen) atoms. The molecule has 0 aromatic heterocycles. The number of aliphatic hydroxyl groups is 1. The number of hydrogen-bond acceptors (Lipinski definition) is 4. The molecule has 1 aromatic rings. The molecule has 116 valence electrons. The quantitative estimate of drug-likeness (QED) is 0.850. The van der Waals surface area contributed by atoms with Gasteiger partial charge in [-0.1, -0.05) is 12.1 Å². The first-order chi connectivity index (χ1) is 9.95. The smallest absolute Gasteiger partial charge is 0.387 e. The van der Waals surface area contributed by atoms with Gasteiger partial charge in [0.15, 0.2) is 0 Å². The van der Waals surface area contributed by atoms with E-state index in [-0.39, 0.29) is 17.7 Å². The Morgan fingerprint density at radius 2 is 2.14 bits per heavy atom. The molecular formula is C14H18F2N2O3. The average molecular weight is 300 g/mol. The number of aliphatic hydroxyl groups excluding tert-OH is 1. The number of amides is 1. The van der Waals surface area contributed by atoms with Crippen molar-refractivity contribution in [2.75, 3.05) is 13.6 Å². The number of hydrogen-bond donors (Lipinski definition) is 2. The van der Waals surface area contributed by atoms with Crippen molar-refractivity contribution in [2.24, 2.45) is 0 Å². The van der Waals surface area contributed by atoms with E-state index in [2.05, 4.69) is 10.1 Å². The van der Waals surface area contributed by atoms with Gasteiger partial charge in [0.1, 0.15) is 5.75 Å². The number of rotatable bonds is 5. The molecule has 1 aromatic carbocycles. The Bertz CT molecular complexity index is 482. The molecule has 2 N–H and O–H groups in total. The lowest BCUT2D eigenvalue weighted by atomic mass is 10.1. The number of halogens is 2. The summed E-state index contributed by atoms with van der Waals surface area (Å²) in [6, 6.07) is 5.79. The minimum atomic E-state index is -2.85. The van der Waals surface area contributed by atoms with Crippen molar-refractivity contribution < 1.29 is 23.4 Å². The molecule has 5 nitrogen and oxygen atoms in total. The number of carbonyl (C=O) groups excluding carboxylic acids is 1. The normalized spacial score (nSPS) is 21.6. The molecule has 2 rings (SSSR count). The fraction of sp³-hybridized carbons (Fsp3) is 0.500. The van der Waals surface area contributed by atoms with Crippen molar-refractivity contribution in [2.45, 2.75) is 31.7 Å². The van der Waals surface area contributed by atoms with Crippen LogP contribution in [0.3, 0.4) is 0 Å². The summed E-state index contributed by atoms with van der Waals surface area (Å²) in [5, 5.41) is 12.4. The summed E-state index contributed by atoms with van der Waals surface area (Å²) in [6.45, 7) is -2.06. The van der Waals surface area contributed by atoms with E-state index in [9.17, 15) is 18.7 Å². The van der Waals surface area contributed by atoms with Crippen LogP contribution in [0.15, 0.2) is 24.3 Å². The molecule has 0 bridgehead atoms. The van der Waals surface area contributed by atoms with E-state index in [1.54, 1.807) is 24.1 Å². The van der Waals surface area contributed by atoms with Crippen LogP contribution in [0.2, 0.25) is 0 Å². The summed E-state index contributed by atoms with van der Waals surface area (Å²) in [5.41, 5.74) is 0.811. The lowest BCUT2D eigenvalue weighted by Crippen LogP contribution is -2.41. The van der Waals surface area contributed by atoms with E-state index in [4.69, 9.17) is 0 Å². The molecule has 1 fully saturated rings. The zero-order valence-electron chi connectivity index (χ0n) is 11.6. The highest BCUT2D eigenvalue weighted by Gasteiger charge is 2.29. The van der Waals surface area contributed by atoms with Gasteiger partial charge in [-0.05, 0) is 24.1 Å². The molecule has 1 amide bonds. The van der Waals surface area contributed by atoms with Crippen molar-refractivity contribution in [1.82, 2.24) is 10.2 Å². The van der Waals surface area contributed by atoms with Gasteiger partial charge in [0.25, 0.3) is 0 Å². The third-order valence-electron chi connectivity index (χ3n) is 3.35. The van der Waals surface area contributed by atoms with E-state index in [0.717, 1.165) is 5.56 Å². The van der Waals surface area contributed by atoms with Crippen LogP contribution >= 0.6 is 0 Å². The topological polar surface area (TPSA) is 61.8 Å². The largest absolute Gasteiger partial charge is 0.435 e. The minimum absolute atomic E-state index is 0.0864. The number of β-amino-alcohol motifs (C(OH)–C–C–N with tert-alkyl or cyclic N) is 1. The Morgan fingerprint density at radius 3 is 2.67 bits per heavy atom. The van der Waals surface area contributed by atoms with E-state index >= 15 is 0 Å². The molecule has 2 unspecified atom stereocenters. The molecule has 1 aliphatic rings. The molecular weight excluding hydrogens is 282 g/mol. The molecule has 1 aliphatic heterocycles. The first kappa shape index (κ1) is 15.7. The second kappa shape index (κ2) is 6.82. The maximum absolute atomic E-state index is 12.1. The first-order valence-electron chi connectivity index (χ1n) is 6.66. The Labute approximate surface area is 121 Å². The minimum Gasteiger partial charge on any atom is -0.435 e. The van der Waals surface area contributed by atoms with Crippen LogP contribution in [0.4, 0.5) is 8.78 Å². The third-order valence-corrected chi connectivity index (χ3v) is 3.35. The third kappa shape index (κ3) is 4.37. The average Bonchev–Trinajstić information content (AvgIpc) is 2.86. The van der Waals surface area contributed by atoms with Gasteiger partial charge in [-0.15, -0.1) is 0 Å². The van der Waals surface area contributed by atoms with Gasteiger partial charge >= 0.3 is 6.61 Å². The number of carbonyl (C=O) groups is 1. The molecule has 1 heterocycles. The van der Waals surface area contributed by atoms with Crippen LogP contribution in [0.25, 0.3) is 0 Å². The molecule has 1 saturated heterocycles. The Balaban J connectivity index is 1.90. The Hall–Kier alpha value is -1.73. The second-order valence-electron chi connectivity index (χ2n) is 5.07. The van der Waals surface area contributed by atoms with E-state index in [1.165, 1.54) is 12.1 Å². The standard InChI is InChI=1S/C14H18F2N2O3/c1-18(13(20)12-6-10(19)7-17-12)8-9-2-4-11(5-3-9)21-14(15)16/h2-5,10,12,14,17,19H,6-8H2,1H3. The molecule has 0 radical (unpaired) electrons. The van der Waals surface area contributed by atoms with Crippen LogP contribution in [0.5, 0.6) is 5.75 Å². The summed E-state index contributed by atoms with van der Waals surface area (Å²) in [5.74, 6) is -0.0113. The first-order valence-corrected chi connectivity index (χ1v) is 6.66. The second-order valence-corrected chi connectivity index (χ2v) is 5.07. The van der Waals surface area contributed by atoms with Gasteiger partial charge in [-0.2, -0.15) is 8.78 Å². The number of benzene rings is 1. The van der Waals surface area contributed by atoms with Gasteiger partial charge in [0, 0.05) is 20.1 Å². The molecule has 0 spiro atoms. The monoisotopic (exact) mass is 300 g/mol. The summed E-state index contributed by atoms with van der Waals surface area (Å²) >= 11 is 0. The number of alkyl halides is 2. The van der Waals surface area contributed by atoms with E-state index in [0.29, 0.717) is 19.5 Å². The molecule has 0 saturated carbocycles. The molecule has 2 atom stereocenters. The van der Waals surface area contributed by atoms with Gasteiger partial charge in [-0.25, -0.2) is 0 Å². The Kier molecular flexibility index (Phi) is 5.08. The number of nitrogens with zero attached hydrogens (tertiary/aromatic N) is 1. The Morgan fingerprint density at radius 1 is 1.48 bits per heavy atom. The summed E-state index contributed by atoms with van der Waals surface area (Å²) in [6.07, 6.45) is -0.0808. The highest BCUT2D eigenvalue weighted by molar-refractivity contribution is 5.82. The maximum atomic E-state index is 12.1. The molecule has 7 heteroatoms. The SMILES string of the molecule is CN(Cc1ccc(OC(F)F)cc1)C(=O)C1CC(O)CN1. The van der Waals surface area contributed by atoms with Crippen molar-refractivity contribution in [3.63, 3.8) is 0 Å². The zero-order chi connectivity index (χ0) is 15.4. The maximum Gasteiger partial charge on any atom is 0.387 e. The van der Waals surface area contributed by atoms with Crippen LogP contribution in [-0.4, -0.2) is 48.3 Å². The van der Waals surface area contributed by atoms with Gasteiger partial charge in [0.05, 0.1) is 12.1 Å². The van der Waals surface area contributed by atoms with Gasteiger partial charge < -0.3 is 20.1 Å². The predicted molar refractivity (Wildman–Crippen MR) is 72.0 cm³/mol. The zero-order valence-corrected chi connectivity index (χ0v) is 11.6. The lowest BCUT2D eigenvalue weighted by Gasteiger charge is -2.21. The summed E-state index contributed by atoms with van der Waals surface area (Å²) in [4.78, 5) is 13.7. The lowest BCUT2D eigenvalue weighted by molar-refractivity contribution is -0.132. The van der Waals surface area contributed by atoms with Crippen LogP contribution < -0.4 is 10.1 Å². The van der Waals surface area contributed by atoms with Crippen LogP contribution in [-0.2, 0) is 11.3 Å². The van der Waals surface area contributed by atoms with Crippen molar-refractivity contribution >= 4 is 5.91 Å². The molecule has 0 aliphatic carbocycles. The fourth-order valence-electron chi connectivity index (χ4n) is 2.30. The highest BCUT2D eigenvalue weighted by Crippen LogP contribution is 2.16. The number of nitrogens with one attached hydrogen (secondary N) is 1. The highest BCUT2D eigenvalue weighted by atomic mass is 19.3.